The number of nitrogens with zero attached hydrogens (tertiary/aromatic N) is 1. The summed E-state index contributed by atoms with van der Waals surface area (Å²) in [5.41, 5.74) is 0. The van der Waals surface area contributed by atoms with Crippen LogP contribution in [-0.2, 0) is 0 Å². The molecule has 88 valence electrons. The maximum Gasteiger partial charge on any atom is 0.00938 e. The Balaban J connectivity index is 1.62. The third-order valence-corrected chi connectivity index (χ3v) is 3.93. The largest absolute Gasteiger partial charge is 0.311 e. The molecule has 1 aliphatic carbocycles. The predicted octanol–water partition coefficient (Wildman–Crippen LogP) is 2.25. The highest BCUT2D eigenvalue weighted by atomic mass is 15.1. The van der Waals surface area contributed by atoms with Gasteiger partial charge in [0.25, 0.3) is 0 Å². The Hall–Kier alpha value is -0.0800. The first-order valence-corrected chi connectivity index (χ1v) is 6.76. The average Bonchev–Trinajstić information content (AvgIpc) is 3.05. The van der Waals surface area contributed by atoms with Gasteiger partial charge in [0.2, 0.25) is 0 Å². The zero-order chi connectivity index (χ0) is 10.7. The third-order valence-electron chi connectivity index (χ3n) is 3.93. The van der Waals surface area contributed by atoms with E-state index in [-0.39, 0.29) is 0 Å². The molecule has 2 fully saturated rings. The highest BCUT2D eigenvalue weighted by molar-refractivity contribution is 4.83. The standard InChI is InChI=1S/C13H26N2/c1-3-11(2)14-13-6-8-15(9-7-13)10-12-4-5-12/h11-14H,3-10H2,1-2H3. The molecule has 1 N–H and O–H groups in total. The molecule has 0 radical (unpaired) electrons. The van der Waals surface area contributed by atoms with E-state index in [1.54, 1.807) is 0 Å². The first-order chi connectivity index (χ1) is 7.28. The normalized spacial score (nSPS) is 26.8. The van der Waals surface area contributed by atoms with E-state index < -0.39 is 0 Å². The maximum atomic E-state index is 3.73. The maximum absolute atomic E-state index is 3.73. The van der Waals surface area contributed by atoms with E-state index in [1.165, 1.54) is 51.7 Å². The van der Waals surface area contributed by atoms with Gasteiger partial charge in [-0.1, -0.05) is 6.92 Å². The Bertz CT molecular complexity index is 181. The summed E-state index contributed by atoms with van der Waals surface area (Å²) in [6.07, 6.45) is 6.95. The Morgan fingerprint density at radius 1 is 1.20 bits per heavy atom. The molecule has 0 bridgehead atoms. The summed E-state index contributed by atoms with van der Waals surface area (Å²) in [4.78, 5) is 2.67. The number of hydrogen-bond donors (Lipinski definition) is 1. The number of rotatable bonds is 5. The fourth-order valence-electron chi connectivity index (χ4n) is 2.47. The highest BCUT2D eigenvalue weighted by Crippen LogP contribution is 2.30. The monoisotopic (exact) mass is 210 g/mol. The van der Waals surface area contributed by atoms with Crippen molar-refractivity contribution in [2.24, 2.45) is 5.92 Å². The fraction of sp³-hybridized carbons (Fsp3) is 1.00. The van der Waals surface area contributed by atoms with Gasteiger partial charge in [0.15, 0.2) is 0 Å². The van der Waals surface area contributed by atoms with Crippen molar-refractivity contribution in [1.29, 1.82) is 0 Å². The van der Waals surface area contributed by atoms with E-state index in [4.69, 9.17) is 0 Å². The lowest BCUT2D eigenvalue weighted by Crippen LogP contribution is -2.45. The molecule has 1 atom stereocenters. The van der Waals surface area contributed by atoms with Crippen molar-refractivity contribution in [3.8, 4) is 0 Å². The number of hydrogen-bond acceptors (Lipinski definition) is 2. The van der Waals surface area contributed by atoms with Crippen LogP contribution in [0.25, 0.3) is 0 Å². The Labute approximate surface area is 94.4 Å². The number of nitrogens with one attached hydrogen (secondary N) is 1. The van der Waals surface area contributed by atoms with Crippen LogP contribution < -0.4 is 5.32 Å². The Morgan fingerprint density at radius 3 is 2.40 bits per heavy atom. The molecule has 0 aromatic heterocycles. The molecule has 2 rings (SSSR count). The molecule has 1 saturated carbocycles. The van der Waals surface area contributed by atoms with E-state index in [9.17, 15) is 0 Å². The first kappa shape index (κ1) is 11.4. The molecule has 0 aromatic rings. The van der Waals surface area contributed by atoms with Crippen LogP contribution in [-0.4, -0.2) is 36.6 Å². The van der Waals surface area contributed by atoms with Crippen molar-refractivity contribution in [2.75, 3.05) is 19.6 Å². The SMILES string of the molecule is CCC(C)NC1CCN(CC2CC2)CC1. The quantitative estimate of drug-likeness (QED) is 0.749. The minimum atomic E-state index is 0.699. The van der Waals surface area contributed by atoms with Gasteiger partial charge in [-0.2, -0.15) is 0 Å². The second-order valence-corrected chi connectivity index (χ2v) is 5.49. The van der Waals surface area contributed by atoms with Gasteiger partial charge in [0.1, 0.15) is 0 Å². The van der Waals surface area contributed by atoms with Gasteiger partial charge in [-0.3, -0.25) is 0 Å². The molecule has 0 spiro atoms. The Morgan fingerprint density at radius 2 is 1.87 bits per heavy atom. The average molecular weight is 210 g/mol. The van der Waals surface area contributed by atoms with Crippen molar-refractivity contribution in [2.45, 2.75) is 58.0 Å². The summed E-state index contributed by atoms with van der Waals surface area (Å²) < 4.78 is 0. The second-order valence-electron chi connectivity index (χ2n) is 5.49. The van der Waals surface area contributed by atoms with Crippen molar-refractivity contribution >= 4 is 0 Å². The van der Waals surface area contributed by atoms with Crippen LogP contribution in [0.4, 0.5) is 0 Å². The molecule has 1 unspecified atom stereocenters. The molecule has 1 saturated heterocycles. The van der Waals surface area contributed by atoms with E-state index in [0.29, 0.717) is 6.04 Å². The molecule has 2 aliphatic rings. The summed E-state index contributed by atoms with van der Waals surface area (Å²) in [6.45, 7) is 8.60. The highest BCUT2D eigenvalue weighted by Gasteiger charge is 2.27. The number of piperidine rings is 1. The van der Waals surface area contributed by atoms with Crippen molar-refractivity contribution in [3.05, 3.63) is 0 Å². The molecular weight excluding hydrogens is 184 g/mol. The minimum Gasteiger partial charge on any atom is -0.311 e. The molecule has 0 amide bonds. The Kier molecular flexibility index (Phi) is 4.04. The van der Waals surface area contributed by atoms with E-state index >= 15 is 0 Å². The van der Waals surface area contributed by atoms with E-state index in [1.807, 2.05) is 0 Å². The van der Waals surface area contributed by atoms with Gasteiger partial charge >= 0.3 is 0 Å². The van der Waals surface area contributed by atoms with Crippen molar-refractivity contribution < 1.29 is 0 Å². The van der Waals surface area contributed by atoms with E-state index in [2.05, 4.69) is 24.1 Å². The molecule has 0 aromatic carbocycles. The van der Waals surface area contributed by atoms with Gasteiger partial charge in [-0.25, -0.2) is 0 Å². The molecular formula is C13H26N2. The van der Waals surface area contributed by atoms with Gasteiger partial charge in [-0.15, -0.1) is 0 Å². The zero-order valence-electron chi connectivity index (χ0n) is 10.3. The van der Waals surface area contributed by atoms with Crippen LogP contribution in [0.3, 0.4) is 0 Å². The van der Waals surface area contributed by atoms with Crippen LogP contribution in [0, 0.1) is 5.92 Å². The molecule has 2 heteroatoms. The van der Waals surface area contributed by atoms with Crippen LogP contribution in [0.15, 0.2) is 0 Å². The molecule has 1 aliphatic heterocycles. The minimum absolute atomic E-state index is 0.699. The van der Waals surface area contributed by atoms with Crippen molar-refractivity contribution in [1.82, 2.24) is 10.2 Å². The van der Waals surface area contributed by atoms with Crippen LogP contribution >= 0.6 is 0 Å². The van der Waals surface area contributed by atoms with Gasteiger partial charge < -0.3 is 10.2 Å². The van der Waals surface area contributed by atoms with Crippen molar-refractivity contribution in [3.63, 3.8) is 0 Å². The van der Waals surface area contributed by atoms with Gasteiger partial charge in [0.05, 0.1) is 0 Å². The topological polar surface area (TPSA) is 15.3 Å². The number of likely N-dealkylation sites (tertiary alicyclic amines) is 1. The van der Waals surface area contributed by atoms with Gasteiger partial charge in [-0.05, 0) is 58.0 Å². The predicted molar refractivity (Wildman–Crippen MR) is 65.1 cm³/mol. The van der Waals surface area contributed by atoms with Gasteiger partial charge in [0, 0.05) is 18.6 Å². The molecule has 15 heavy (non-hydrogen) atoms. The fourth-order valence-corrected chi connectivity index (χ4v) is 2.47. The summed E-state index contributed by atoms with van der Waals surface area (Å²) in [5.74, 6) is 1.06. The lowest BCUT2D eigenvalue weighted by atomic mass is 10.0. The summed E-state index contributed by atoms with van der Waals surface area (Å²) in [6, 6.07) is 1.49. The second kappa shape index (κ2) is 5.31. The first-order valence-electron chi connectivity index (χ1n) is 6.76. The zero-order valence-corrected chi connectivity index (χ0v) is 10.3. The molecule has 2 nitrogen and oxygen atoms in total. The molecule has 1 heterocycles. The summed E-state index contributed by atoms with van der Waals surface area (Å²) in [7, 11) is 0. The summed E-state index contributed by atoms with van der Waals surface area (Å²) in [5, 5.41) is 3.73. The van der Waals surface area contributed by atoms with Crippen LogP contribution in [0.5, 0.6) is 0 Å². The smallest absolute Gasteiger partial charge is 0.00938 e. The van der Waals surface area contributed by atoms with Crippen LogP contribution in [0.1, 0.15) is 46.0 Å². The lowest BCUT2D eigenvalue weighted by Gasteiger charge is -2.33. The summed E-state index contributed by atoms with van der Waals surface area (Å²) >= 11 is 0. The van der Waals surface area contributed by atoms with E-state index in [0.717, 1.165) is 12.0 Å². The lowest BCUT2D eigenvalue weighted by molar-refractivity contribution is 0.185. The van der Waals surface area contributed by atoms with Crippen LogP contribution in [0.2, 0.25) is 0 Å². The third kappa shape index (κ3) is 3.76.